The van der Waals surface area contributed by atoms with Crippen LogP contribution in [0.5, 0.6) is 0 Å². The molecule has 20 heavy (non-hydrogen) atoms. The van der Waals surface area contributed by atoms with Gasteiger partial charge in [0.1, 0.15) is 5.82 Å². The first kappa shape index (κ1) is 16.2. The lowest BCUT2D eigenvalue weighted by Gasteiger charge is -2.28. The minimum atomic E-state index is -0.364. The molecule has 0 aliphatic carbocycles. The van der Waals surface area contributed by atoms with Gasteiger partial charge in [-0.25, -0.2) is 4.98 Å². The summed E-state index contributed by atoms with van der Waals surface area (Å²) in [6.45, 7) is 9.68. The van der Waals surface area contributed by atoms with E-state index in [2.05, 4.69) is 31.1 Å². The van der Waals surface area contributed by atoms with Gasteiger partial charge in [-0.2, -0.15) is 0 Å². The van der Waals surface area contributed by atoms with Gasteiger partial charge < -0.3 is 10.2 Å². The lowest BCUT2D eigenvalue weighted by Crippen LogP contribution is -2.33. The average Bonchev–Trinajstić information content (AvgIpc) is 2.45. The van der Waals surface area contributed by atoms with Gasteiger partial charge in [-0.1, -0.05) is 13.8 Å². The first-order valence-corrected chi connectivity index (χ1v) is 7.21. The predicted molar refractivity (Wildman–Crippen MR) is 82.4 cm³/mol. The summed E-state index contributed by atoms with van der Waals surface area (Å²) in [5.41, 5.74) is 0.0641. The molecule has 0 fully saturated rings. The molecule has 1 unspecified atom stereocenters. The van der Waals surface area contributed by atoms with Crippen LogP contribution in [-0.4, -0.2) is 29.0 Å². The number of nitro groups is 1. The van der Waals surface area contributed by atoms with E-state index in [-0.39, 0.29) is 16.7 Å². The molecule has 0 saturated carbocycles. The van der Waals surface area contributed by atoms with Crippen molar-refractivity contribution in [2.45, 2.75) is 46.6 Å². The molecule has 0 bridgehead atoms. The number of hydrogen-bond acceptors (Lipinski definition) is 5. The molecule has 6 heteroatoms. The second kappa shape index (κ2) is 7.67. The van der Waals surface area contributed by atoms with Crippen LogP contribution in [0.1, 0.15) is 40.5 Å². The quantitative estimate of drug-likeness (QED) is 0.583. The van der Waals surface area contributed by atoms with Gasteiger partial charge in [0.2, 0.25) is 5.82 Å². The van der Waals surface area contributed by atoms with Crippen molar-refractivity contribution in [1.82, 2.24) is 4.98 Å². The number of hydrogen-bond donors (Lipinski definition) is 1. The van der Waals surface area contributed by atoms with Crippen LogP contribution in [0.25, 0.3) is 0 Å². The summed E-state index contributed by atoms with van der Waals surface area (Å²) in [5.74, 6) is 1.14. The molecule has 6 nitrogen and oxygen atoms in total. The zero-order valence-corrected chi connectivity index (χ0v) is 12.7. The summed E-state index contributed by atoms with van der Waals surface area (Å²) >= 11 is 0. The number of nitrogens with one attached hydrogen (secondary N) is 1. The topological polar surface area (TPSA) is 71.3 Å². The van der Waals surface area contributed by atoms with Crippen LogP contribution < -0.4 is 10.2 Å². The third-order valence-corrected chi connectivity index (χ3v) is 3.34. The van der Waals surface area contributed by atoms with E-state index in [0.717, 1.165) is 19.4 Å². The second-order valence-electron chi connectivity index (χ2n) is 4.77. The molecule has 112 valence electrons. The Labute approximate surface area is 120 Å². The van der Waals surface area contributed by atoms with E-state index >= 15 is 0 Å². The fraction of sp³-hybridized carbons (Fsp3) is 0.643. The van der Waals surface area contributed by atoms with Gasteiger partial charge >= 0.3 is 5.69 Å². The van der Waals surface area contributed by atoms with Crippen LogP contribution in [-0.2, 0) is 0 Å². The van der Waals surface area contributed by atoms with Gasteiger partial charge in [0.25, 0.3) is 0 Å². The molecule has 0 radical (unpaired) electrons. The largest absolute Gasteiger partial charge is 0.370 e. The average molecular weight is 280 g/mol. The number of anilines is 2. The molecule has 0 amide bonds. The molecule has 0 aliphatic rings. The number of aromatic nitrogens is 1. The van der Waals surface area contributed by atoms with Crippen molar-refractivity contribution < 1.29 is 4.92 Å². The van der Waals surface area contributed by atoms with Crippen LogP contribution >= 0.6 is 0 Å². The van der Waals surface area contributed by atoms with Crippen molar-refractivity contribution in [2.75, 3.05) is 23.3 Å². The highest BCUT2D eigenvalue weighted by Crippen LogP contribution is 2.29. The third-order valence-electron chi connectivity index (χ3n) is 3.34. The monoisotopic (exact) mass is 280 g/mol. The molecule has 0 spiro atoms. The standard InChI is InChI=1S/C14H24N4O2/c1-5-10-15-13-9-8-12(18(19)20)14(16-13)17(7-3)11(4)6-2/h8-9,11H,5-7,10H2,1-4H3,(H,15,16). The Morgan fingerprint density at radius 1 is 1.40 bits per heavy atom. The highest BCUT2D eigenvalue weighted by atomic mass is 16.6. The van der Waals surface area contributed by atoms with E-state index in [9.17, 15) is 10.1 Å². The van der Waals surface area contributed by atoms with Gasteiger partial charge in [-0.05, 0) is 32.8 Å². The van der Waals surface area contributed by atoms with Gasteiger partial charge in [-0.15, -0.1) is 0 Å². The number of nitrogens with zero attached hydrogens (tertiary/aromatic N) is 3. The molecule has 0 aromatic carbocycles. The SMILES string of the molecule is CCCNc1ccc([N+](=O)[O-])c(N(CC)C(C)CC)n1. The minimum Gasteiger partial charge on any atom is -0.370 e. The minimum absolute atomic E-state index is 0.0641. The van der Waals surface area contributed by atoms with E-state index in [0.29, 0.717) is 18.2 Å². The first-order chi connectivity index (χ1) is 9.54. The maximum Gasteiger partial charge on any atom is 0.311 e. The van der Waals surface area contributed by atoms with Crippen LogP contribution in [0, 0.1) is 10.1 Å². The van der Waals surface area contributed by atoms with Crippen molar-refractivity contribution in [3.8, 4) is 0 Å². The third kappa shape index (κ3) is 3.82. The van der Waals surface area contributed by atoms with Gasteiger partial charge in [0, 0.05) is 25.2 Å². The van der Waals surface area contributed by atoms with Gasteiger partial charge in [0.05, 0.1) is 4.92 Å². The lowest BCUT2D eigenvalue weighted by atomic mass is 10.2. The molecular formula is C14H24N4O2. The molecule has 1 atom stereocenters. The number of pyridine rings is 1. The Kier molecular flexibility index (Phi) is 6.21. The molecule has 1 aromatic heterocycles. The molecule has 0 saturated heterocycles. The maximum absolute atomic E-state index is 11.2. The van der Waals surface area contributed by atoms with E-state index < -0.39 is 0 Å². The molecular weight excluding hydrogens is 256 g/mol. The molecule has 1 heterocycles. The second-order valence-corrected chi connectivity index (χ2v) is 4.77. The summed E-state index contributed by atoms with van der Waals surface area (Å²) in [6, 6.07) is 3.42. The smallest absolute Gasteiger partial charge is 0.311 e. The van der Waals surface area contributed by atoms with Gasteiger partial charge in [0.15, 0.2) is 0 Å². The highest BCUT2D eigenvalue weighted by Gasteiger charge is 2.23. The van der Waals surface area contributed by atoms with Crippen molar-refractivity contribution in [3.63, 3.8) is 0 Å². The Hall–Kier alpha value is -1.85. The van der Waals surface area contributed by atoms with E-state index in [4.69, 9.17) is 0 Å². The van der Waals surface area contributed by atoms with Crippen molar-refractivity contribution in [3.05, 3.63) is 22.2 Å². The normalized spacial score (nSPS) is 12.0. The summed E-state index contributed by atoms with van der Waals surface area (Å²) in [7, 11) is 0. The number of rotatable bonds is 8. The summed E-state index contributed by atoms with van der Waals surface area (Å²) in [5, 5.41) is 14.4. The van der Waals surface area contributed by atoms with E-state index in [1.54, 1.807) is 6.07 Å². The van der Waals surface area contributed by atoms with Crippen molar-refractivity contribution in [1.29, 1.82) is 0 Å². The lowest BCUT2D eigenvalue weighted by molar-refractivity contribution is -0.384. The fourth-order valence-corrected chi connectivity index (χ4v) is 2.04. The zero-order valence-electron chi connectivity index (χ0n) is 12.7. The van der Waals surface area contributed by atoms with Crippen molar-refractivity contribution in [2.24, 2.45) is 0 Å². The van der Waals surface area contributed by atoms with E-state index in [1.807, 2.05) is 11.8 Å². The van der Waals surface area contributed by atoms with Crippen LogP contribution in [0.2, 0.25) is 0 Å². The van der Waals surface area contributed by atoms with Crippen LogP contribution in [0.4, 0.5) is 17.3 Å². The van der Waals surface area contributed by atoms with Gasteiger partial charge in [-0.3, -0.25) is 10.1 Å². The zero-order chi connectivity index (χ0) is 15.1. The van der Waals surface area contributed by atoms with Crippen LogP contribution in [0.3, 0.4) is 0 Å². The summed E-state index contributed by atoms with van der Waals surface area (Å²) < 4.78 is 0. The van der Waals surface area contributed by atoms with Crippen molar-refractivity contribution >= 4 is 17.3 Å². The Morgan fingerprint density at radius 3 is 2.60 bits per heavy atom. The molecule has 1 rings (SSSR count). The highest BCUT2D eigenvalue weighted by molar-refractivity contribution is 5.62. The van der Waals surface area contributed by atoms with E-state index in [1.165, 1.54) is 6.07 Å². The summed E-state index contributed by atoms with van der Waals surface area (Å²) in [6.07, 6.45) is 1.90. The summed E-state index contributed by atoms with van der Waals surface area (Å²) in [4.78, 5) is 17.3. The molecule has 0 aliphatic heterocycles. The molecule has 1 aromatic rings. The fourth-order valence-electron chi connectivity index (χ4n) is 2.04. The first-order valence-electron chi connectivity index (χ1n) is 7.21. The Balaban J connectivity index is 3.19. The Bertz CT molecular complexity index is 451. The van der Waals surface area contributed by atoms with Crippen LogP contribution in [0.15, 0.2) is 12.1 Å². The molecule has 1 N–H and O–H groups in total. The maximum atomic E-state index is 11.2. The Morgan fingerprint density at radius 2 is 2.10 bits per heavy atom. The predicted octanol–water partition coefficient (Wildman–Crippen LogP) is 3.44.